The number of benzene rings is 1. The molecule has 1 aromatic rings. The van der Waals surface area contributed by atoms with Crippen LogP contribution in [0, 0.1) is 17.0 Å². The van der Waals surface area contributed by atoms with Gasteiger partial charge in [-0.2, -0.15) is 12.6 Å². The third-order valence-electron chi connectivity index (χ3n) is 1.96. The van der Waals surface area contributed by atoms with Crippen molar-refractivity contribution in [1.29, 1.82) is 0 Å². The van der Waals surface area contributed by atoms with Crippen molar-refractivity contribution in [2.45, 2.75) is 13.3 Å². The molecule has 0 bridgehead atoms. The average molecular weight is 240 g/mol. The minimum absolute atomic E-state index is 0.0903. The van der Waals surface area contributed by atoms with Crippen LogP contribution in [0.2, 0.25) is 0 Å². The Morgan fingerprint density at radius 2 is 2.25 bits per heavy atom. The van der Waals surface area contributed by atoms with Crippen molar-refractivity contribution < 1.29 is 9.72 Å². The van der Waals surface area contributed by atoms with Crippen LogP contribution >= 0.6 is 12.6 Å². The van der Waals surface area contributed by atoms with Crippen molar-refractivity contribution >= 4 is 29.9 Å². The molecule has 0 aromatic heterocycles. The van der Waals surface area contributed by atoms with Crippen LogP contribution in [-0.2, 0) is 4.79 Å². The fourth-order valence-electron chi connectivity index (χ4n) is 1.21. The number of nitro benzene ring substituents is 1. The first kappa shape index (κ1) is 12.5. The van der Waals surface area contributed by atoms with Crippen molar-refractivity contribution in [3.8, 4) is 0 Å². The Morgan fingerprint density at radius 1 is 1.56 bits per heavy atom. The molecule has 0 aliphatic carbocycles. The van der Waals surface area contributed by atoms with Gasteiger partial charge in [0, 0.05) is 12.5 Å². The van der Waals surface area contributed by atoms with Crippen LogP contribution in [-0.4, -0.2) is 16.6 Å². The van der Waals surface area contributed by atoms with Crippen LogP contribution in [0.25, 0.3) is 0 Å². The molecule has 0 heterocycles. The van der Waals surface area contributed by atoms with Gasteiger partial charge in [-0.1, -0.05) is 6.07 Å². The molecular weight excluding hydrogens is 228 g/mol. The number of carbonyl (C=O) groups is 1. The molecule has 0 atom stereocenters. The monoisotopic (exact) mass is 240 g/mol. The summed E-state index contributed by atoms with van der Waals surface area (Å²) in [6.07, 6.45) is 0.230. The highest BCUT2D eigenvalue weighted by Crippen LogP contribution is 2.25. The Hall–Kier alpha value is -1.56. The zero-order valence-electron chi connectivity index (χ0n) is 8.77. The largest absolute Gasteiger partial charge is 0.320 e. The number of hydrogen-bond donors (Lipinski definition) is 2. The maximum absolute atomic E-state index is 11.3. The van der Waals surface area contributed by atoms with E-state index in [1.165, 1.54) is 12.1 Å². The lowest BCUT2D eigenvalue weighted by molar-refractivity contribution is -0.384. The van der Waals surface area contributed by atoms with E-state index in [2.05, 4.69) is 17.9 Å². The fourth-order valence-corrected chi connectivity index (χ4v) is 1.42. The van der Waals surface area contributed by atoms with Crippen LogP contribution in [0.4, 0.5) is 11.4 Å². The molecule has 5 nitrogen and oxygen atoms in total. The second kappa shape index (κ2) is 5.50. The zero-order valence-corrected chi connectivity index (χ0v) is 9.66. The molecule has 0 saturated heterocycles. The smallest absolute Gasteiger partial charge is 0.293 e. The van der Waals surface area contributed by atoms with E-state index >= 15 is 0 Å². The van der Waals surface area contributed by atoms with Gasteiger partial charge in [-0.3, -0.25) is 14.9 Å². The molecule has 1 aromatic carbocycles. The molecule has 1 N–H and O–H groups in total. The SMILES string of the molecule is Cc1ccc(NC(=O)CCS)c([N+](=O)[O-])c1. The lowest BCUT2D eigenvalue weighted by Gasteiger charge is -2.05. The highest BCUT2D eigenvalue weighted by molar-refractivity contribution is 7.80. The maximum Gasteiger partial charge on any atom is 0.293 e. The lowest BCUT2D eigenvalue weighted by Crippen LogP contribution is -2.13. The van der Waals surface area contributed by atoms with Gasteiger partial charge in [0.25, 0.3) is 5.69 Å². The van der Waals surface area contributed by atoms with Gasteiger partial charge in [0.1, 0.15) is 5.69 Å². The summed E-state index contributed by atoms with van der Waals surface area (Å²) in [4.78, 5) is 21.5. The summed E-state index contributed by atoms with van der Waals surface area (Å²) in [7, 11) is 0. The van der Waals surface area contributed by atoms with Crippen molar-refractivity contribution in [2.75, 3.05) is 11.1 Å². The van der Waals surface area contributed by atoms with Crippen molar-refractivity contribution in [3.05, 3.63) is 33.9 Å². The number of nitrogens with zero attached hydrogens (tertiary/aromatic N) is 1. The van der Waals surface area contributed by atoms with E-state index in [0.717, 1.165) is 5.56 Å². The Labute approximate surface area is 98.4 Å². The number of nitrogens with one attached hydrogen (secondary N) is 1. The van der Waals surface area contributed by atoms with Crippen LogP contribution < -0.4 is 5.32 Å². The molecule has 0 aliphatic heterocycles. The van der Waals surface area contributed by atoms with Crippen molar-refractivity contribution in [3.63, 3.8) is 0 Å². The van der Waals surface area contributed by atoms with E-state index in [4.69, 9.17) is 0 Å². The average Bonchev–Trinajstić information content (AvgIpc) is 2.20. The summed E-state index contributed by atoms with van der Waals surface area (Å²) in [6, 6.07) is 4.67. The number of rotatable bonds is 4. The number of thiol groups is 1. The van der Waals surface area contributed by atoms with Gasteiger partial charge in [-0.25, -0.2) is 0 Å². The molecule has 0 radical (unpaired) electrons. The predicted octanol–water partition coefficient (Wildman–Crippen LogP) is 2.16. The number of nitro groups is 1. The summed E-state index contributed by atoms with van der Waals surface area (Å²) in [5, 5.41) is 13.2. The van der Waals surface area contributed by atoms with E-state index in [1.807, 2.05) is 0 Å². The molecule has 86 valence electrons. The number of carbonyl (C=O) groups excluding carboxylic acids is 1. The van der Waals surface area contributed by atoms with Crippen LogP contribution in [0.15, 0.2) is 18.2 Å². The van der Waals surface area contributed by atoms with E-state index in [1.54, 1.807) is 13.0 Å². The summed E-state index contributed by atoms with van der Waals surface area (Å²) in [6.45, 7) is 1.76. The second-order valence-electron chi connectivity index (χ2n) is 3.30. The van der Waals surface area contributed by atoms with Crippen LogP contribution in [0.5, 0.6) is 0 Å². The Kier molecular flexibility index (Phi) is 4.30. The van der Waals surface area contributed by atoms with E-state index in [-0.39, 0.29) is 23.7 Å². The standard InChI is InChI=1S/C10H12N2O3S/c1-7-2-3-8(9(6-7)12(14)15)11-10(13)4-5-16/h2-3,6,16H,4-5H2,1H3,(H,11,13). The zero-order chi connectivity index (χ0) is 12.1. The highest BCUT2D eigenvalue weighted by Gasteiger charge is 2.15. The summed E-state index contributed by atoms with van der Waals surface area (Å²) in [5.74, 6) is 0.132. The molecule has 1 amide bonds. The molecule has 0 unspecified atom stereocenters. The number of amides is 1. The quantitative estimate of drug-likeness (QED) is 0.481. The molecule has 0 saturated carbocycles. The van der Waals surface area contributed by atoms with Crippen molar-refractivity contribution in [2.24, 2.45) is 0 Å². The van der Waals surface area contributed by atoms with Gasteiger partial charge in [0.2, 0.25) is 5.91 Å². The molecule has 0 spiro atoms. The van der Waals surface area contributed by atoms with E-state index in [9.17, 15) is 14.9 Å². The van der Waals surface area contributed by atoms with Gasteiger partial charge in [-0.15, -0.1) is 0 Å². The summed E-state index contributed by atoms with van der Waals surface area (Å²) < 4.78 is 0. The summed E-state index contributed by atoms with van der Waals surface area (Å²) in [5.41, 5.74) is 0.911. The Balaban J connectivity index is 2.95. The first-order valence-electron chi connectivity index (χ1n) is 4.70. The molecule has 0 fully saturated rings. The first-order chi connectivity index (χ1) is 7.54. The third kappa shape index (κ3) is 3.23. The predicted molar refractivity (Wildman–Crippen MR) is 64.9 cm³/mol. The molecule has 0 aliphatic rings. The minimum atomic E-state index is -0.511. The van der Waals surface area contributed by atoms with Gasteiger partial charge in [0.15, 0.2) is 0 Å². The summed E-state index contributed by atoms with van der Waals surface area (Å²) >= 11 is 3.91. The normalized spacial score (nSPS) is 9.88. The van der Waals surface area contributed by atoms with Gasteiger partial charge < -0.3 is 5.32 Å². The van der Waals surface area contributed by atoms with Crippen LogP contribution in [0.3, 0.4) is 0 Å². The van der Waals surface area contributed by atoms with E-state index in [0.29, 0.717) is 5.75 Å². The molecular formula is C10H12N2O3S. The number of aryl methyl sites for hydroxylation is 1. The van der Waals surface area contributed by atoms with Crippen LogP contribution in [0.1, 0.15) is 12.0 Å². The molecule has 1 rings (SSSR count). The maximum atomic E-state index is 11.3. The fraction of sp³-hybridized carbons (Fsp3) is 0.300. The second-order valence-corrected chi connectivity index (χ2v) is 3.75. The topological polar surface area (TPSA) is 72.2 Å². The van der Waals surface area contributed by atoms with Gasteiger partial charge >= 0.3 is 0 Å². The lowest BCUT2D eigenvalue weighted by atomic mass is 10.2. The molecule has 6 heteroatoms. The van der Waals surface area contributed by atoms with Crippen molar-refractivity contribution in [1.82, 2.24) is 0 Å². The van der Waals surface area contributed by atoms with E-state index < -0.39 is 4.92 Å². The number of hydrogen-bond acceptors (Lipinski definition) is 4. The molecule has 16 heavy (non-hydrogen) atoms. The minimum Gasteiger partial charge on any atom is -0.320 e. The van der Waals surface area contributed by atoms with Gasteiger partial charge in [0.05, 0.1) is 4.92 Å². The highest BCUT2D eigenvalue weighted by atomic mass is 32.1. The first-order valence-corrected chi connectivity index (χ1v) is 5.33. The van der Waals surface area contributed by atoms with Gasteiger partial charge in [-0.05, 0) is 24.3 Å². The third-order valence-corrected chi connectivity index (χ3v) is 2.19. The Bertz CT molecular complexity index is 421. The Morgan fingerprint density at radius 3 is 2.81 bits per heavy atom. The number of anilines is 1.